The largest absolute Gasteiger partial charge is 0.451 e. The van der Waals surface area contributed by atoms with E-state index in [1.165, 1.54) is 12.1 Å². The molecule has 2 N–H and O–H groups in total. The highest BCUT2D eigenvalue weighted by atomic mass is 35.5. The van der Waals surface area contributed by atoms with Crippen molar-refractivity contribution >= 4 is 40.3 Å². The number of amides is 3. The third-order valence-corrected chi connectivity index (χ3v) is 3.69. The van der Waals surface area contributed by atoms with Crippen LogP contribution >= 0.6 is 11.6 Å². The van der Waals surface area contributed by atoms with Gasteiger partial charge >= 0.3 is 0 Å². The molecule has 0 bridgehead atoms. The standard InChI is InChI=1S/C15H11ClN2O5/c16-7-1-2-8-10(19)6-12(23-11(8)5-7)15(22)17-9-3-4-13(20)18-14(9)21/h1-2,5-6,9H,3-4H2,(H,17,22)(H,18,20,21). The summed E-state index contributed by atoms with van der Waals surface area (Å²) in [5, 5.41) is 5.24. The predicted molar refractivity (Wildman–Crippen MR) is 81.1 cm³/mol. The van der Waals surface area contributed by atoms with E-state index in [0.29, 0.717) is 10.4 Å². The first-order chi connectivity index (χ1) is 10.9. The Morgan fingerprint density at radius 3 is 2.78 bits per heavy atom. The van der Waals surface area contributed by atoms with Gasteiger partial charge in [-0.15, -0.1) is 0 Å². The maximum Gasteiger partial charge on any atom is 0.287 e. The van der Waals surface area contributed by atoms with Crippen molar-refractivity contribution in [2.24, 2.45) is 0 Å². The van der Waals surface area contributed by atoms with Gasteiger partial charge in [0.2, 0.25) is 11.8 Å². The Bertz CT molecular complexity index is 889. The third kappa shape index (κ3) is 3.09. The van der Waals surface area contributed by atoms with E-state index in [9.17, 15) is 19.2 Å². The average Bonchev–Trinajstić information content (AvgIpc) is 2.49. The summed E-state index contributed by atoms with van der Waals surface area (Å²) >= 11 is 5.84. The molecular weight excluding hydrogens is 324 g/mol. The number of hydrogen-bond acceptors (Lipinski definition) is 5. The molecule has 1 atom stereocenters. The van der Waals surface area contributed by atoms with Crippen LogP contribution in [0.1, 0.15) is 23.4 Å². The van der Waals surface area contributed by atoms with Gasteiger partial charge in [0.1, 0.15) is 11.6 Å². The summed E-state index contributed by atoms with van der Waals surface area (Å²) in [5.74, 6) is -1.90. The molecule has 1 unspecified atom stereocenters. The highest BCUT2D eigenvalue weighted by Crippen LogP contribution is 2.18. The Morgan fingerprint density at radius 2 is 2.04 bits per heavy atom. The second-order valence-corrected chi connectivity index (χ2v) is 5.53. The van der Waals surface area contributed by atoms with Crippen molar-refractivity contribution in [3.05, 3.63) is 45.3 Å². The van der Waals surface area contributed by atoms with Crippen molar-refractivity contribution in [2.75, 3.05) is 0 Å². The van der Waals surface area contributed by atoms with Gasteiger partial charge in [-0.2, -0.15) is 0 Å². The molecule has 1 saturated heterocycles. The molecule has 3 rings (SSSR count). The fourth-order valence-corrected chi connectivity index (χ4v) is 2.46. The van der Waals surface area contributed by atoms with Crippen molar-refractivity contribution in [1.29, 1.82) is 0 Å². The summed E-state index contributed by atoms with van der Waals surface area (Å²) < 4.78 is 5.39. The van der Waals surface area contributed by atoms with Crippen LogP contribution in [0.5, 0.6) is 0 Å². The van der Waals surface area contributed by atoms with Crippen LogP contribution in [0.3, 0.4) is 0 Å². The highest BCUT2D eigenvalue weighted by Gasteiger charge is 2.28. The number of halogens is 1. The average molecular weight is 335 g/mol. The summed E-state index contributed by atoms with van der Waals surface area (Å²) in [6.07, 6.45) is 0.327. The van der Waals surface area contributed by atoms with Crippen LogP contribution in [0.2, 0.25) is 5.02 Å². The lowest BCUT2D eigenvalue weighted by Gasteiger charge is -2.21. The second kappa shape index (κ2) is 5.85. The molecule has 1 aromatic carbocycles. The lowest BCUT2D eigenvalue weighted by molar-refractivity contribution is -0.134. The second-order valence-electron chi connectivity index (χ2n) is 5.09. The summed E-state index contributed by atoms with van der Waals surface area (Å²) in [7, 11) is 0. The molecule has 0 saturated carbocycles. The number of hydrogen-bond donors (Lipinski definition) is 2. The van der Waals surface area contributed by atoms with Crippen LogP contribution in [0.4, 0.5) is 0 Å². The Hall–Kier alpha value is -2.67. The number of imide groups is 1. The number of fused-ring (bicyclic) bond motifs is 1. The van der Waals surface area contributed by atoms with Crippen LogP contribution in [-0.4, -0.2) is 23.8 Å². The Balaban J connectivity index is 1.88. The first-order valence-electron chi connectivity index (χ1n) is 6.82. The van der Waals surface area contributed by atoms with Crippen molar-refractivity contribution < 1.29 is 18.8 Å². The summed E-state index contributed by atoms with van der Waals surface area (Å²) in [5.41, 5.74) is -0.213. The topological polar surface area (TPSA) is 105 Å². The number of carbonyl (C=O) groups excluding carboxylic acids is 3. The zero-order valence-electron chi connectivity index (χ0n) is 11.7. The minimum atomic E-state index is -0.847. The van der Waals surface area contributed by atoms with E-state index in [1.54, 1.807) is 6.07 Å². The van der Waals surface area contributed by atoms with Crippen LogP contribution in [0, 0.1) is 0 Å². The van der Waals surface area contributed by atoms with Crippen LogP contribution < -0.4 is 16.1 Å². The van der Waals surface area contributed by atoms with Gasteiger partial charge in [-0.3, -0.25) is 24.5 Å². The molecular formula is C15H11ClN2O5. The van der Waals surface area contributed by atoms with Crippen LogP contribution in [0.25, 0.3) is 11.0 Å². The molecule has 3 amide bonds. The van der Waals surface area contributed by atoms with E-state index in [-0.39, 0.29) is 30.1 Å². The smallest absolute Gasteiger partial charge is 0.287 e. The molecule has 0 spiro atoms. The fourth-order valence-electron chi connectivity index (χ4n) is 2.30. The van der Waals surface area contributed by atoms with E-state index in [0.717, 1.165) is 6.07 Å². The number of carbonyl (C=O) groups is 3. The van der Waals surface area contributed by atoms with Crippen LogP contribution in [-0.2, 0) is 9.59 Å². The van der Waals surface area contributed by atoms with E-state index < -0.39 is 23.3 Å². The monoisotopic (exact) mass is 334 g/mol. The van der Waals surface area contributed by atoms with Gasteiger partial charge in [0.05, 0.1) is 5.39 Å². The molecule has 1 fully saturated rings. The van der Waals surface area contributed by atoms with Gasteiger partial charge in [-0.25, -0.2) is 0 Å². The molecule has 118 valence electrons. The molecule has 0 aliphatic carbocycles. The van der Waals surface area contributed by atoms with E-state index in [4.69, 9.17) is 16.0 Å². The fraction of sp³-hybridized carbons (Fsp3) is 0.200. The number of rotatable bonds is 2. The summed E-state index contributed by atoms with van der Waals surface area (Å²) in [6.45, 7) is 0. The predicted octanol–water partition coefficient (Wildman–Crippen LogP) is 0.981. The maximum atomic E-state index is 12.2. The quantitative estimate of drug-likeness (QED) is 0.796. The van der Waals surface area contributed by atoms with Gasteiger partial charge in [0, 0.05) is 23.6 Å². The molecule has 2 heterocycles. The molecule has 7 nitrogen and oxygen atoms in total. The number of benzene rings is 1. The minimum Gasteiger partial charge on any atom is -0.451 e. The summed E-state index contributed by atoms with van der Waals surface area (Å²) in [4.78, 5) is 46.9. The van der Waals surface area contributed by atoms with E-state index in [1.807, 2.05) is 0 Å². The van der Waals surface area contributed by atoms with Gasteiger partial charge < -0.3 is 9.73 Å². The first kappa shape index (κ1) is 15.2. The molecule has 1 aromatic heterocycles. The SMILES string of the molecule is O=C1CCC(NC(=O)c2cc(=O)c3ccc(Cl)cc3o2)C(=O)N1. The molecule has 1 aliphatic heterocycles. The highest BCUT2D eigenvalue weighted by molar-refractivity contribution is 6.31. The third-order valence-electron chi connectivity index (χ3n) is 3.46. The van der Waals surface area contributed by atoms with Crippen molar-refractivity contribution in [3.63, 3.8) is 0 Å². The maximum absolute atomic E-state index is 12.2. The van der Waals surface area contributed by atoms with Crippen molar-refractivity contribution in [3.8, 4) is 0 Å². The molecule has 23 heavy (non-hydrogen) atoms. The lowest BCUT2D eigenvalue weighted by Crippen LogP contribution is -2.52. The van der Waals surface area contributed by atoms with Gasteiger partial charge in [-0.1, -0.05) is 11.6 Å². The van der Waals surface area contributed by atoms with Gasteiger partial charge in [-0.05, 0) is 18.6 Å². The zero-order chi connectivity index (χ0) is 16.6. The molecule has 1 aliphatic rings. The molecule has 2 aromatic rings. The zero-order valence-corrected chi connectivity index (χ0v) is 12.5. The van der Waals surface area contributed by atoms with Crippen LogP contribution in [0.15, 0.2) is 33.5 Å². The summed E-state index contributed by atoms with van der Waals surface area (Å²) in [6, 6.07) is 4.69. The van der Waals surface area contributed by atoms with Crippen molar-refractivity contribution in [2.45, 2.75) is 18.9 Å². The lowest BCUT2D eigenvalue weighted by atomic mass is 10.1. The minimum absolute atomic E-state index is 0.133. The van der Waals surface area contributed by atoms with Gasteiger partial charge in [0.25, 0.3) is 5.91 Å². The Labute approximate surface area is 134 Å². The first-order valence-corrected chi connectivity index (χ1v) is 7.20. The number of piperidine rings is 1. The normalized spacial score (nSPS) is 17.9. The van der Waals surface area contributed by atoms with Crippen molar-refractivity contribution in [1.82, 2.24) is 10.6 Å². The molecule has 8 heteroatoms. The van der Waals surface area contributed by atoms with E-state index >= 15 is 0 Å². The van der Waals surface area contributed by atoms with E-state index in [2.05, 4.69) is 10.6 Å². The van der Waals surface area contributed by atoms with Gasteiger partial charge in [0.15, 0.2) is 11.2 Å². The molecule has 0 radical (unpaired) electrons. The Morgan fingerprint density at radius 1 is 1.26 bits per heavy atom. The number of nitrogens with one attached hydrogen (secondary N) is 2. The Kier molecular flexibility index (Phi) is 3.87.